The van der Waals surface area contributed by atoms with Gasteiger partial charge in [-0.2, -0.15) is 0 Å². The minimum atomic E-state index is 0. The molecule has 0 saturated carbocycles. The summed E-state index contributed by atoms with van der Waals surface area (Å²) in [6.07, 6.45) is 2.52. The van der Waals surface area contributed by atoms with Crippen LogP contribution in [0.3, 0.4) is 0 Å². The van der Waals surface area contributed by atoms with Crippen LogP contribution in [-0.4, -0.2) is 63.7 Å². The van der Waals surface area contributed by atoms with Gasteiger partial charge in [0.2, 0.25) is 5.91 Å². The SMILES string of the molecule is CNCCCC(=O)NCCCN1CCN(c2cccc(Cl)c2)CC1.Cl.Cl.Cl. The van der Waals surface area contributed by atoms with Gasteiger partial charge in [-0.3, -0.25) is 9.69 Å². The van der Waals surface area contributed by atoms with E-state index < -0.39 is 0 Å². The Morgan fingerprint density at radius 3 is 2.41 bits per heavy atom. The van der Waals surface area contributed by atoms with Crippen molar-refractivity contribution in [2.75, 3.05) is 57.8 Å². The number of benzene rings is 1. The summed E-state index contributed by atoms with van der Waals surface area (Å²) in [6, 6.07) is 8.06. The number of hydrogen-bond acceptors (Lipinski definition) is 4. The maximum atomic E-state index is 11.6. The molecule has 27 heavy (non-hydrogen) atoms. The number of nitrogens with zero attached hydrogens (tertiary/aromatic N) is 2. The molecule has 158 valence electrons. The van der Waals surface area contributed by atoms with Crippen LogP contribution in [0.2, 0.25) is 5.02 Å². The van der Waals surface area contributed by atoms with Crippen LogP contribution in [0.5, 0.6) is 0 Å². The zero-order chi connectivity index (χ0) is 17.2. The normalized spacial score (nSPS) is 13.8. The summed E-state index contributed by atoms with van der Waals surface area (Å²) in [4.78, 5) is 16.5. The molecule has 0 spiro atoms. The molecule has 1 aliphatic rings. The highest BCUT2D eigenvalue weighted by Crippen LogP contribution is 2.20. The number of amides is 1. The summed E-state index contributed by atoms with van der Waals surface area (Å²) in [5.74, 6) is 0.163. The first-order valence-corrected chi connectivity index (χ1v) is 9.21. The topological polar surface area (TPSA) is 47.6 Å². The molecule has 1 aliphatic heterocycles. The molecule has 2 N–H and O–H groups in total. The second-order valence-electron chi connectivity index (χ2n) is 6.22. The monoisotopic (exact) mass is 460 g/mol. The lowest BCUT2D eigenvalue weighted by atomic mass is 10.2. The quantitative estimate of drug-likeness (QED) is 0.554. The van der Waals surface area contributed by atoms with Gasteiger partial charge in [0.25, 0.3) is 0 Å². The van der Waals surface area contributed by atoms with E-state index in [1.807, 2.05) is 25.2 Å². The molecule has 0 bridgehead atoms. The van der Waals surface area contributed by atoms with E-state index >= 15 is 0 Å². The lowest BCUT2D eigenvalue weighted by Gasteiger charge is -2.36. The van der Waals surface area contributed by atoms with Crippen molar-refractivity contribution in [2.45, 2.75) is 19.3 Å². The lowest BCUT2D eigenvalue weighted by molar-refractivity contribution is -0.121. The van der Waals surface area contributed by atoms with Crippen LogP contribution in [0.15, 0.2) is 24.3 Å². The summed E-state index contributed by atoms with van der Waals surface area (Å²) in [5.41, 5.74) is 1.20. The predicted octanol–water partition coefficient (Wildman–Crippen LogP) is 3.23. The molecule has 0 aromatic heterocycles. The number of hydrogen-bond donors (Lipinski definition) is 2. The number of anilines is 1. The number of carbonyl (C=O) groups is 1. The second kappa shape index (κ2) is 16.5. The highest BCUT2D eigenvalue weighted by atomic mass is 35.5. The van der Waals surface area contributed by atoms with Gasteiger partial charge in [0.05, 0.1) is 0 Å². The van der Waals surface area contributed by atoms with Crippen LogP contribution in [0.4, 0.5) is 5.69 Å². The molecule has 1 amide bonds. The first-order valence-electron chi connectivity index (χ1n) is 8.83. The van der Waals surface area contributed by atoms with Crippen LogP contribution in [0.25, 0.3) is 0 Å². The molecule has 0 aliphatic carbocycles. The van der Waals surface area contributed by atoms with Crippen LogP contribution in [0.1, 0.15) is 19.3 Å². The first kappa shape index (κ1) is 28.8. The van der Waals surface area contributed by atoms with Gasteiger partial charge in [0.1, 0.15) is 0 Å². The Labute approximate surface area is 186 Å². The minimum Gasteiger partial charge on any atom is -0.369 e. The predicted molar refractivity (Wildman–Crippen MR) is 123 cm³/mol. The second-order valence-corrected chi connectivity index (χ2v) is 6.66. The molecule has 1 heterocycles. The molecule has 0 radical (unpaired) electrons. The lowest BCUT2D eigenvalue weighted by Crippen LogP contribution is -2.47. The van der Waals surface area contributed by atoms with Crippen molar-refractivity contribution < 1.29 is 4.79 Å². The largest absolute Gasteiger partial charge is 0.369 e. The van der Waals surface area contributed by atoms with E-state index in [1.165, 1.54) is 5.69 Å². The standard InChI is InChI=1S/C18H29ClN4O.3ClH/c1-20-8-3-7-18(24)21-9-4-10-22-11-13-23(14-12-22)17-6-2-5-16(19)15-17;;;/h2,5-6,15,20H,3-4,7-14H2,1H3,(H,21,24);3*1H. The van der Waals surface area contributed by atoms with Crippen molar-refractivity contribution in [1.29, 1.82) is 0 Å². The highest BCUT2D eigenvalue weighted by molar-refractivity contribution is 6.30. The number of carbonyl (C=O) groups excluding carboxylic acids is 1. The van der Waals surface area contributed by atoms with Crippen LogP contribution >= 0.6 is 48.8 Å². The van der Waals surface area contributed by atoms with Crippen LogP contribution in [0, 0.1) is 0 Å². The fraction of sp³-hybridized carbons (Fsp3) is 0.611. The molecule has 1 aromatic rings. The Morgan fingerprint density at radius 1 is 1.07 bits per heavy atom. The summed E-state index contributed by atoms with van der Waals surface area (Å²) in [6.45, 7) is 6.87. The van der Waals surface area contributed by atoms with E-state index in [-0.39, 0.29) is 43.1 Å². The van der Waals surface area contributed by atoms with Gasteiger partial charge in [-0.25, -0.2) is 0 Å². The molecule has 9 heteroatoms. The molecule has 1 fully saturated rings. The Bertz CT molecular complexity index is 514. The van der Waals surface area contributed by atoms with Gasteiger partial charge in [-0.15, -0.1) is 37.2 Å². The number of piperazine rings is 1. The maximum absolute atomic E-state index is 11.6. The van der Waals surface area contributed by atoms with Crippen molar-refractivity contribution in [2.24, 2.45) is 0 Å². The van der Waals surface area contributed by atoms with E-state index in [1.54, 1.807) is 0 Å². The van der Waals surface area contributed by atoms with Crippen molar-refractivity contribution in [1.82, 2.24) is 15.5 Å². The number of rotatable bonds is 9. The van der Waals surface area contributed by atoms with Crippen molar-refractivity contribution in [3.63, 3.8) is 0 Å². The van der Waals surface area contributed by atoms with Gasteiger partial charge in [-0.1, -0.05) is 17.7 Å². The van der Waals surface area contributed by atoms with Crippen molar-refractivity contribution in [3.05, 3.63) is 29.3 Å². The molecular weight excluding hydrogens is 430 g/mol. The zero-order valence-corrected chi connectivity index (χ0v) is 19.0. The van der Waals surface area contributed by atoms with Gasteiger partial charge in [0, 0.05) is 49.9 Å². The molecule has 2 rings (SSSR count). The van der Waals surface area contributed by atoms with Crippen molar-refractivity contribution >= 4 is 60.4 Å². The summed E-state index contributed by atoms with van der Waals surface area (Å²) < 4.78 is 0. The van der Waals surface area contributed by atoms with Gasteiger partial charge < -0.3 is 15.5 Å². The third-order valence-electron chi connectivity index (χ3n) is 4.35. The number of nitrogens with one attached hydrogen (secondary N) is 2. The van der Waals surface area contributed by atoms with Crippen molar-refractivity contribution in [3.8, 4) is 0 Å². The number of halogens is 4. The molecule has 0 atom stereocenters. The van der Waals surface area contributed by atoms with Gasteiger partial charge >= 0.3 is 0 Å². The molecule has 5 nitrogen and oxygen atoms in total. The zero-order valence-electron chi connectivity index (χ0n) is 15.8. The Balaban J connectivity index is 0. The summed E-state index contributed by atoms with van der Waals surface area (Å²) in [7, 11) is 1.91. The van der Waals surface area contributed by atoms with E-state index in [0.717, 1.165) is 63.7 Å². The Hall–Kier alpha value is -0.430. The molecule has 1 aromatic carbocycles. The Kier molecular flexibility index (Phi) is 17.6. The summed E-state index contributed by atoms with van der Waals surface area (Å²) >= 11 is 6.07. The smallest absolute Gasteiger partial charge is 0.220 e. The van der Waals surface area contributed by atoms with E-state index in [9.17, 15) is 4.79 Å². The average Bonchev–Trinajstić information content (AvgIpc) is 2.59. The van der Waals surface area contributed by atoms with E-state index in [4.69, 9.17) is 11.6 Å². The average molecular weight is 462 g/mol. The third kappa shape index (κ3) is 11.2. The molecule has 0 unspecified atom stereocenters. The fourth-order valence-electron chi connectivity index (χ4n) is 2.95. The first-order chi connectivity index (χ1) is 11.7. The van der Waals surface area contributed by atoms with Crippen LogP contribution in [-0.2, 0) is 4.79 Å². The minimum absolute atomic E-state index is 0. The van der Waals surface area contributed by atoms with Crippen LogP contribution < -0.4 is 15.5 Å². The van der Waals surface area contributed by atoms with E-state index in [2.05, 4.69) is 26.5 Å². The summed E-state index contributed by atoms with van der Waals surface area (Å²) in [5, 5.41) is 6.85. The fourth-order valence-corrected chi connectivity index (χ4v) is 3.13. The Morgan fingerprint density at radius 2 is 1.78 bits per heavy atom. The maximum Gasteiger partial charge on any atom is 0.220 e. The molecular formula is C18H32Cl4N4O. The third-order valence-corrected chi connectivity index (χ3v) is 4.58. The van der Waals surface area contributed by atoms with Gasteiger partial charge in [0.15, 0.2) is 0 Å². The van der Waals surface area contributed by atoms with E-state index in [0.29, 0.717) is 6.42 Å². The highest BCUT2D eigenvalue weighted by Gasteiger charge is 2.16. The molecule has 1 saturated heterocycles. The van der Waals surface area contributed by atoms with Gasteiger partial charge in [-0.05, 0) is 51.2 Å².